The molecule has 0 aliphatic rings. The molecule has 0 heterocycles. The van der Waals surface area contributed by atoms with Crippen molar-refractivity contribution in [3.63, 3.8) is 0 Å². The Morgan fingerprint density at radius 2 is 1.82 bits per heavy atom. The summed E-state index contributed by atoms with van der Waals surface area (Å²) in [5.41, 5.74) is 2.65. The number of benzene rings is 2. The van der Waals surface area contributed by atoms with Crippen molar-refractivity contribution in [3.05, 3.63) is 65.0 Å². The zero-order valence-electron chi connectivity index (χ0n) is 12.8. The maximum atomic E-state index is 13.9. The van der Waals surface area contributed by atoms with E-state index < -0.39 is 6.10 Å². The molecule has 0 saturated carbocycles. The van der Waals surface area contributed by atoms with Crippen molar-refractivity contribution >= 4 is 0 Å². The Hall–Kier alpha value is -1.95. The number of hydrogen-bond donors (Lipinski definition) is 2. The molecule has 4 nitrogen and oxygen atoms in total. The van der Waals surface area contributed by atoms with Crippen LogP contribution in [0.3, 0.4) is 0 Å². The highest BCUT2D eigenvalue weighted by atomic mass is 19.1. The summed E-state index contributed by atoms with van der Waals surface area (Å²) in [5, 5.41) is 3.09. The average molecular weight is 304 g/mol. The van der Waals surface area contributed by atoms with Crippen molar-refractivity contribution in [1.29, 1.82) is 0 Å². The first-order valence-corrected chi connectivity index (χ1v) is 7.14. The fourth-order valence-corrected chi connectivity index (χ4v) is 2.12. The van der Waals surface area contributed by atoms with Crippen molar-refractivity contribution in [2.45, 2.75) is 26.2 Å². The van der Waals surface area contributed by atoms with Gasteiger partial charge in [0.05, 0.1) is 0 Å². The first-order valence-electron chi connectivity index (χ1n) is 7.14. The number of hydrogen-bond acceptors (Lipinski definition) is 4. The molecule has 2 aromatic rings. The fraction of sp³-hybridized carbons (Fsp3) is 0.294. The van der Waals surface area contributed by atoms with Crippen LogP contribution in [0.25, 0.3) is 0 Å². The Morgan fingerprint density at radius 1 is 1.14 bits per heavy atom. The van der Waals surface area contributed by atoms with Gasteiger partial charge in [-0.05, 0) is 37.2 Å². The minimum atomic E-state index is -0.492. The molecule has 118 valence electrons. The molecule has 5 heteroatoms. The first kappa shape index (κ1) is 16.4. The smallest absolute Gasteiger partial charge is 0.132 e. The van der Waals surface area contributed by atoms with Crippen LogP contribution in [-0.2, 0) is 18.0 Å². The van der Waals surface area contributed by atoms with E-state index in [-0.39, 0.29) is 5.82 Å². The summed E-state index contributed by atoms with van der Waals surface area (Å²) in [6.07, 6.45) is -0.492. The lowest BCUT2D eigenvalue weighted by atomic mass is 10.1. The minimum Gasteiger partial charge on any atom is -0.489 e. The van der Waals surface area contributed by atoms with Crippen LogP contribution in [0.5, 0.6) is 5.75 Å². The molecule has 0 radical (unpaired) electrons. The summed E-state index contributed by atoms with van der Waals surface area (Å²) in [7, 11) is 1.91. The lowest BCUT2D eigenvalue weighted by molar-refractivity contribution is 0.0638. The molecule has 0 fully saturated rings. The summed E-state index contributed by atoms with van der Waals surface area (Å²) < 4.78 is 19.5. The predicted molar refractivity (Wildman–Crippen MR) is 83.6 cm³/mol. The van der Waals surface area contributed by atoms with Gasteiger partial charge in [0.25, 0.3) is 0 Å². The van der Waals surface area contributed by atoms with E-state index in [4.69, 9.17) is 10.6 Å². The molecule has 1 unspecified atom stereocenters. The third kappa shape index (κ3) is 4.27. The highest BCUT2D eigenvalue weighted by molar-refractivity contribution is 5.30. The van der Waals surface area contributed by atoms with Gasteiger partial charge in [-0.1, -0.05) is 24.3 Å². The van der Waals surface area contributed by atoms with Crippen molar-refractivity contribution in [2.24, 2.45) is 5.90 Å². The van der Waals surface area contributed by atoms with Gasteiger partial charge in [0.2, 0.25) is 0 Å². The summed E-state index contributed by atoms with van der Waals surface area (Å²) in [6, 6.07) is 12.8. The second-order valence-electron chi connectivity index (χ2n) is 5.10. The first-order chi connectivity index (χ1) is 10.6. The van der Waals surface area contributed by atoms with E-state index in [0.717, 1.165) is 12.1 Å². The third-order valence-corrected chi connectivity index (χ3v) is 3.42. The van der Waals surface area contributed by atoms with E-state index in [9.17, 15) is 4.39 Å². The van der Waals surface area contributed by atoms with E-state index in [2.05, 4.69) is 10.2 Å². The maximum Gasteiger partial charge on any atom is 0.132 e. The molecule has 0 amide bonds. The highest BCUT2D eigenvalue weighted by Crippen LogP contribution is 2.23. The topological polar surface area (TPSA) is 56.5 Å². The van der Waals surface area contributed by atoms with E-state index in [1.165, 1.54) is 11.6 Å². The van der Waals surface area contributed by atoms with Gasteiger partial charge in [0.15, 0.2) is 0 Å². The standard InChI is InChI=1S/C17H21FN2O2/c1-12(22-19)16-8-7-15(9-17(16)18)21-11-14-5-3-13(4-6-14)10-20-2/h3-9,12,20H,10-11,19H2,1-2H3. The molecule has 0 aliphatic carbocycles. The van der Waals surface area contributed by atoms with Crippen LogP contribution in [0.4, 0.5) is 4.39 Å². The maximum absolute atomic E-state index is 13.9. The van der Waals surface area contributed by atoms with Gasteiger partial charge in [0.1, 0.15) is 24.3 Å². The molecule has 2 rings (SSSR count). The van der Waals surface area contributed by atoms with E-state index in [1.54, 1.807) is 19.1 Å². The second-order valence-corrected chi connectivity index (χ2v) is 5.10. The molecular weight excluding hydrogens is 283 g/mol. The van der Waals surface area contributed by atoms with Crippen molar-refractivity contribution in [1.82, 2.24) is 5.32 Å². The lowest BCUT2D eigenvalue weighted by Crippen LogP contribution is -2.07. The van der Waals surface area contributed by atoms with Gasteiger partial charge in [0, 0.05) is 18.2 Å². The van der Waals surface area contributed by atoms with Gasteiger partial charge >= 0.3 is 0 Å². The monoisotopic (exact) mass is 304 g/mol. The van der Waals surface area contributed by atoms with Crippen LogP contribution in [-0.4, -0.2) is 7.05 Å². The van der Waals surface area contributed by atoms with Crippen LogP contribution in [0.15, 0.2) is 42.5 Å². The normalized spacial score (nSPS) is 12.2. The Morgan fingerprint density at radius 3 is 2.41 bits per heavy atom. The Labute approximate surface area is 130 Å². The van der Waals surface area contributed by atoms with Crippen LogP contribution in [0.2, 0.25) is 0 Å². The second kappa shape index (κ2) is 7.89. The predicted octanol–water partition coefficient (Wildman–Crippen LogP) is 3.08. The van der Waals surface area contributed by atoms with Gasteiger partial charge in [-0.2, -0.15) is 0 Å². The number of nitrogens with two attached hydrogens (primary N) is 1. The zero-order valence-corrected chi connectivity index (χ0v) is 12.8. The largest absolute Gasteiger partial charge is 0.489 e. The molecule has 0 aromatic heterocycles. The molecule has 1 atom stereocenters. The fourth-order valence-electron chi connectivity index (χ4n) is 2.12. The third-order valence-electron chi connectivity index (χ3n) is 3.42. The molecule has 2 aromatic carbocycles. The molecule has 0 saturated heterocycles. The van der Waals surface area contributed by atoms with Gasteiger partial charge in [-0.15, -0.1) is 0 Å². The van der Waals surface area contributed by atoms with E-state index in [0.29, 0.717) is 17.9 Å². The van der Waals surface area contributed by atoms with Crippen molar-refractivity contribution < 1.29 is 14.0 Å². The summed E-state index contributed by atoms with van der Waals surface area (Å²) in [5.74, 6) is 5.16. The molecule has 0 aliphatic heterocycles. The quantitative estimate of drug-likeness (QED) is 0.772. The number of halogens is 1. The molecule has 0 bridgehead atoms. The molecular formula is C17H21FN2O2. The van der Waals surface area contributed by atoms with Crippen molar-refractivity contribution in [3.8, 4) is 5.75 Å². The number of rotatable bonds is 7. The Balaban J connectivity index is 1.98. The average Bonchev–Trinajstić information content (AvgIpc) is 2.54. The Bertz CT molecular complexity index is 602. The van der Waals surface area contributed by atoms with Crippen LogP contribution in [0.1, 0.15) is 29.7 Å². The SMILES string of the molecule is CNCc1ccc(COc2ccc(C(C)ON)c(F)c2)cc1. The minimum absolute atomic E-state index is 0.389. The highest BCUT2D eigenvalue weighted by Gasteiger charge is 2.11. The van der Waals surface area contributed by atoms with Crippen LogP contribution < -0.4 is 16.0 Å². The molecule has 0 spiro atoms. The Kier molecular flexibility index (Phi) is 5.89. The van der Waals surface area contributed by atoms with Gasteiger partial charge in [-0.25, -0.2) is 10.3 Å². The molecule has 22 heavy (non-hydrogen) atoms. The van der Waals surface area contributed by atoms with E-state index in [1.807, 2.05) is 31.3 Å². The van der Waals surface area contributed by atoms with E-state index >= 15 is 0 Å². The zero-order chi connectivity index (χ0) is 15.9. The van der Waals surface area contributed by atoms with Gasteiger partial charge < -0.3 is 10.1 Å². The van der Waals surface area contributed by atoms with Crippen molar-refractivity contribution in [2.75, 3.05) is 7.05 Å². The number of nitrogens with one attached hydrogen (secondary N) is 1. The summed E-state index contributed by atoms with van der Waals surface area (Å²) >= 11 is 0. The summed E-state index contributed by atoms with van der Waals surface area (Å²) in [6.45, 7) is 2.91. The number of ether oxygens (including phenoxy) is 1. The lowest BCUT2D eigenvalue weighted by Gasteiger charge is -2.12. The summed E-state index contributed by atoms with van der Waals surface area (Å²) in [4.78, 5) is 4.63. The van der Waals surface area contributed by atoms with Gasteiger partial charge in [-0.3, -0.25) is 4.84 Å². The van der Waals surface area contributed by atoms with Crippen LogP contribution >= 0.6 is 0 Å². The molecule has 3 N–H and O–H groups in total. The van der Waals surface area contributed by atoms with Crippen LogP contribution in [0, 0.1) is 5.82 Å².